The molecule has 0 spiro atoms. The summed E-state index contributed by atoms with van der Waals surface area (Å²) in [5.74, 6) is 0. The highest BCUT2D eigenvalue weighted by Crippen LogP contribution is 2.63. The molecule has 0 bridgehead atoms. The van der Waals surface area contributed by atoms with Gasteiger partial charge in [0.1, 0.15) is 0 Å². The van der Waals surface area contributed by atoms with Crippen LogP contribution in [0, 0.1) is 27.7 Å². The molecule has 49 heavy (non-hydrogen) atoms. The third-order valence-electron chi connectivity index (χ3n) is 11.1. The van der Waals surface area contributed by atoms with E-state index in [-0.39, 0.29) is 0 Å². The Hall–Kier alpha value is -5.20. The van der Waals surface area contributed by atoms with E-state index < -0.39 is 10.8 Å². The lowest BCUT2D eigenvalue weighted by atomic mass is 9.65. The Kier molecular flexibility index (Phi) is 7.45. The highest BCUT2D eigenvalue weighted by Gasteiger charge is 2.51. The first-order valence-electron chi connectivity index (χ1n) is 17.8. The average Bonchev–Trinajstić information content (AvgIpc) is 3.55. The zero-order valence-corrected chi connectivity index (χ0v) is 29.6. The second-order valence-electron chi connectivity index (χ2n) is 14.2. The minimum Gasteiger partial charge on any atom is -0.0873 e. The molecular weight excluding hydrogens is 589 g/mol. The number of rotatable bonds is 6. The summed E-state index contributed by atoms with van der Waals surface area (Å²) in [7, 11) is 0. The van der Waals surface area contributed by atoms with Gasteiger partial charge in [-0.1, -0.05) is 163 Å². The van der Waals surface area contributed by atoms with Crippen molar-refractivity contribution in [3.63, 3.8) is 0 Å². The minimum absolute atomic E-state index is 0.445. The monoisotopic (exact) mass is 632 g/mol. The van der Waals surface area contributed by atoms with Crippen LogP contribution in [0.15, 0.2) is 151 Å². The van der Waals surface area contributed by atoms with Crippen molar-refractivity contribution < 1.29 is 0 Å². The Morgan fingerprint density at radius 1 is 0.490 bits per heavy atom. The predicted molar refractivity (Wildman–Crippen MR) is 208 cm³/mol. The Morgan fingerprint density at radius 3 is 1.53 bits per heavy atom. The first-order valence-corrected chi connectivity index (χ1v) is 17.8. The maximum absolute atomic E-state index is 2.58. The van der Waals surface area contributed by atoms with Gasteiger partial charge in [-0.2, -0.15) is 0 Å². The van der Waals surface area contributed by atoms with Gasteiger partial charge in [-0.25, -0.2) is 0 Å². The van der Waals surface area contributed by atoms with Crippen LogP contribution in [0.25, 0.3) is 22.3 Å². The molecule has 0 radical (unpaired) electrons. The third kappa shape index (κ3) is 4.43. The SMILES string of the molecule is C/C=C\C(=C/CC)C1(c2ccccc2)c2cc(C)ccc2-c2cc3c(cc21)-c1ccc(C)cc1C3(c1ccc(C)cc1)c1ccc(C)cc1. The Balaban J connectivity index is 1.57. The van der Waals surface area contributed by atoms with Gasteiger partial charge in [0, 0.05) is 0 Å². The summed E-state index contributed by atoms with van der Waals surface area (Å²) < 4.78 is 0. The van der Waals surface area contributed by atoms with E-state index in [0.717, 1.165) is 6.42 Å². The van der Waals surface area contributed by atoms with Crippen molar-refractivity contribution in [1.82, 2.24) is 0 Å². The second-order valence-corrected chi connectivity index (χ2v) is 14.2. The zero-order valence-electron chi connectivity index (χ0n) is 29.6. The molecule has 2 aliphatic carbocycles. The molecule has 0 saturated carbocycles. The van der Waals surface area contributed by atoms with Gasteiger partial charge in [0.15, 0.2) is 0 Å². The maximum Gasteiger partial charge on any atom is 0.0713 e. The molecule has 0 heterocycles. The fraction of sp³-hybridized carbons (Fsp3) is 0.184. The molecule has 0 nitrogen and oxygen atoms in total. The van der Waals surface area contributed by atoms with Gasteiger partial charge in [-0.3, -0.25) is 0 Å². The van der Waals surface area contributed by atoms with Crippen LogP contribution in [0.3, 0.4) is 0 Å². The van der Waals surface area contributed by atoms with Crippen LogP contribution in [0.2, 0.25) is 0 Å². The molecule has 0 aliphatic heterocycles. The van der Waals surface area contributed by atoms with E-state index in [1.807, 2.05) is 0 Å². The number of hydrogen-bond donors (Lipinski definition) is 0. The molecule has 8 rings (SSSR count). The van der Waals surface area contributed by atoms with Gasteiger partial charge in [0.05, 0.1) is 10.8 Å². The lowest BCUT2D eigenvalue weighted by Gasteiger charge is -2.36. The van der Waals surface area contributed by atoms with Crippen LogP contribution in [-0.2, 0) is 10.8 Å². The fourth-order valence-electron chi connectivity index (χ4n) is 8.98. The van der Waals surface area contributed by atoms with E-state index in [1.165, 1.54) is 89.0 Å². The molecule has 240 valence electrons. The number of allylic oxidation sites excluding steroid dienone is 4. The van der Waals surface area contributed by atoms with E-state index in [1.54, 1.807) is 0 Å². The van der Waals surface area contributed by atoms with E-state index in [2.05, 4.69) is 187 Å². The number of benzene rings is 6. The number of aryl methyl sites for hydroxylation is 4. The van der Waals surface area contributed by atoms with Crippen molar-refractivity contribution in [2.24, 2.45) is 0 Å². The van der Waals surface area contributed by atoms with Crippen molar-refractivity contribution in [1.29, 1.82) is 0 Å². The van der Waals surface area contributed by atoms with Crippen LogP contribution in [0.4, 0.5) is 0 Å². The van der Waals surface area contributed by atoms with Crippen LogP contribution in [-0.4, -0.2) is 0 Å². The lowest BCUT2D eigenvalue weighted by Crippen LogP contribution is -2.30. The highest BCUT2D eigenvalue weighted by atomic mass is 14.5. The quantitative estimate of drug-likeness (QED) is 0.160. The van der Waals surface area contributed by atoms with Gasteiger partial charge in [0.2, 0.25) is 0 Å². The predicted octanol–water partition coefficient (Wildman–Crippen LogP) is 12.5. The minimum atomic E-state index is -0.457. The molecule has 0 N–H and O–H groups in total. The molecule has 1 unspecified atom stereocenters. The standard InChI is InChI=1S/C49H44/c1-7-12-36(13-8-2)48(37-14-10-9-11-15-37)44-28-34(5)20-26-40(44)42-31-47-43(30-46(42)48)41-27-21-35(6)29-45(41)49(47,38-22-16-32(3)17-23-38)39-24-18-33(4)19-25-39/h7,9-31H,8H2,1-6H3/b12-7-,36-13+. The molecule has 0 saturated heterocycles. The van der Waals surface area contributed by atoms with Crippen molar-refractivity contribution in [3.05, 3.63) is 212 Å². The van der Waals surface area contributed by atoms with Gasteiger partial charge in [0.25, 0.3) is 0 Å². The molecule has 1 atom stereocenters. The smallest absolute Gasteiger partial charge is 0.0713 e. The van der Waals surface area contributed by atoms with Crippen molar-refractivity contribution in [2.45, 2.75) is 58.8 Å². The summed E-state index contributed by atoms with van der Waals surface area (Å²) in [6.07, 6.45) is 7.97. The molecule has 6 aromatic rings. The summed E-state index contributed by atoms with van der Waals surface area (Å²) >= 11 is 0. The summed E-state index contributed by atoms with van der Waals surface area (Å²) in [6, 6.07) is 49.2. The molecular formula is C49H44. The fourth-order valence-corrected chi connectivity index (χ4v) is 8.98. The van der Waals surface area contributed by atoms with Gasteiger partial charge >= 0.3 is 0 Å². The number of fused-ring (bicyclic) bond motifs is 6. The second kappa shape index (κ2) is 11.7. The first kappa shape index (κ1) is 31.1. The molecule has 0 fully saturated rings. The van der Waals surface area contributed by atoms with Gasteiger partial charge in [-0.05, 0) is 120 Å². The Bertz CT molecular complexity index is 2230. The van der Waals surface area contributed by atoms with Crippen LogP contribution < -0.4 is 0 Å². The lowest BCUT2D eigenvalue weighted by molar-refractivity contribution is 0.753. The van der Waals surface area contributed by atoms with Crippen LogP contribution in [0.5, 0.6) is 0 Å². The highest BCUT2D eigenvalue weighted by molar-refractivity contribution is 5.95. The maximum atomic E-state index is 2.58. The summed E-state index contributed by atoms with van der Waals surface area (Å²) in [5.41, 5.74) is 20.2. The van der Waals surface area contributed by atoms with Crippen molar-refractivity contribution >= 4 is 0 Å². The van der Waals surface area contributed by atoms with E-state index in [0.29, 0.717) is 0 Å². The Morgan fingerprint density at radius 2 is 0.959 bits per heavy atom. The normalized spacial score (nSPS) is 17.1. The molecule has 0 heteroatoms. The largest absolute Gasteiger partial charge is 0.0873 e. The van der Waals surface area contributed by atoms with Crippen molar-refractivity contribution in [3.8, 4) is 22.3 Å². The van der Waals surface area contributed by atoms with E-state index in [9.17, 15) is 0 Å². The van der Waals surface area contributed by atoms with Crippen molar-refractivity contribution in [2.75, 3.05) is 0 Å². The van der Waals surface area contributed by atoms with E-state index >= 15 is 0 Å². The Labute approximate surface area is 292 Å². The summed E-state index contributed by atoms with van der Waals surface area (Å²) in [6.45, 7) is 13.2. The van der Waals surface area contributed by atoms with E-state index in [4.69, 9.17) is 0 Å². The third-order valence-corrected chi connectivity index (χ3v) is 11.1. The average molecular weight is 633 g/mol. The van der Waals surface area contributed by atoms with Gasteiger partial charge in [-0.15, -0.1) is 0 Å². The van der Waals surface area contributed by atoms with Crippen LogP contribution in [0.1, 0.15) is 81.5 Å². The first-order chi connectivity index (χ1) is 23.8. The molecule has 0 aromatic heterocycles. The molecule has 2 aliphatic rings. The van der Waals surface area contributed by atoms with Crippen LogP contribution >= 0.6 is 0 Å². The summed E-state index contributed by atoms with van der Waals surface area (Å²) in [5, 5.41) is 0. The zero-order chi connectivity index (χ0) is 33.9. The summed E-state index contributed by atoms with van der Waals surface area (Å²) in [4.78, 5) is 0. The van der Waals surface area contributed by atoms with Gasteiger partial charge < -0.3 is 0 Å². The molecule has 6 aromatic carbocycles. The topological polar surface area (TPSA) is 0 Å². The molecule has 0 amide bonds. The number of hydrogen-bond acceptors (Lipinski definition) is 0.